The molecule has 2 saturated heterocycles. The van der Waals surface area contributed by atoms with Gasteiger partial charge >= 0.3 is 0 Å². The minimum absolute atomic E-state index is 0.158. The van der Waals surface area contributed by atoms with Gasteiger partial charge in [-0.15, -0.1) is 0 Å². The number of benzene rings is 1. The molecule has 3 rings (SSSR count). The molecular formula is C19H28N2O2. The van der Waals surface area contributed by atoms with Crippen molar-refractivity contribution in [2.45, 2.75) is 51.2 Å². The quantitative estimate of drug-likeness (QED) is 0.927. The summed E-state index contributed by atoms with van der Waals surface area (Å²) < 4.78 is 0. The molecule has 0 aromatic heterocycles. The molecule has 0 bridgehead atoms. The van der Waals surface area contributed by atoms with Gasteiger partial charge in [-0.05, 0) is 63.8 Å². The molecule has 1 atom stereocenters. The van der Waals surface area contributed by atoms with Crippen molar-refractivity contribution in [3.05, 3.63) is 35.4 Å². The van der Waals surface area contributed by atoms with Crippen molar-refractivity contribution >= 4 is 5.91 Å². The zero-order chi connectivity index (χ0) is 16.4. The van der Waals surface area contributed by atoms with Gasteiger partial charge in [-0.2, -0.15) is 0 Å². The van der Waals surface area contributed by atoms with Crippen LogP contribution in [0.5, 0.6) is 0 Å². The fourth-order valence-corrected chi connectivity index (χ4v) is 3.62. The third-order valence-electron chi connectivity index (χ3n) is 5.10. The number of fused-ring (bicyclic) bond motifs is 1. The van der Waals surface area contributed by atoms with Crippen molar-refractivity contribution < 1.29 is 9.90 Å². The van der Waals surface area contributed by atoms with Crippen LogP contribution in [0.3, 0.4) is 0 Å². The van der Waals surface area contributed by atoms with Crippen LogP contribution in [0, 0.1) is 0 Å². The Morgan fingerprint density at radius 3 is 2.65 bits per heavy atom. The second-order valence-electron chi connectivity index (χ2n) is 7.59. The van der Waals surface area contributed by atoms with Crippen molar-refractivity contribution in [3.8, 4) is 0 Å². The van der Waals surface area contributed by atoms with E-state index in [9.17, 15) is 9.90 Å². The predicted molar refractivity (Wildman–Crippen MR) is 91.6 cm³/mol. The SMILES string of the molecule is CC(C)(O)CCc1ccc(C(=O)N2CCN3CCC[C@@H]3C2)cc1. The van der Waals surface area contributed by atoms with E-state index in [2.05, 4.69) is 4.90 Å². The molecule has 0 aliphatic carbocycles. The summed E-state index contributed by atoms with van der Waals surface area (Å²) in [4.78, 5) is 17.2. The Kier molecular flexibility index (Phi) is 4.74. The fraction of sp³-hybridized carbons (Fsp3) is 0.632. The summed E-state index contributed by atoms with van der Waals surface area (Å²) in [5, 5.41) is 9.80. The summed E-state index contributed by atoms with van der Waals surface area (Å²) in [6.07, 6.45) is 4.05. The molecule has 0 radical (unpaired) electrons. The highest BCUT2D eigenvalue weighted by Gasteiger charge is 2.32. The zero-order valence-corrected chi connectivity index (χ0v) is 14.3. The number of carbonyl (C=O) groups excluding carboxylic acids is 1. The van der Waals surface area contributed by atoms with Crippen molar-refractivity contribution in [2.75, 3.05) is 26.2 Å². The third kappa shape index (κ3) is 4.12. The average molecular weight is 316 g/mol. The Hall–Kier alpha value is -1.39. The largest absolute Gasteiger partial charge is 0.390 e. The smallest absolute Gasteiger partial charge is 0.253 e. The van der Waals surface area contributed by atoms with Gasteiger partial charge in [0, 0.05) is 31.2 Å². The van der Waals surface area contributed by atoms with E-state index in [1.165, 1.54) is 24.9 Å². The molecule has 4 nitrogen and oxygen atoms in total. The van der Waals surface area contributed by atoms with E-state index in [0.29, 0.717) is 6.04 Å². The number of aliphatic hydroxyl groups is 1. The van der Waals surface area contributed by atoms with Crippen molar-refractivity contribution in [2.24, 2.45) is 0 Å². The molecule has 2 fully saturated rings. The first kappa shape index (κ1) is 16.5. The lowest BCUT2D eigenvalue weighted by Gasteiger charge is -2.37. The van der Waals surface area contributed by atoms with Crippen LogP contribution in [0.4, 0.5) is 0 Å². The lowest BCUT2D eigenvalue weighted by Crippen LogP contribution is -2.52. The molecule has 1 N–H and O–H groups in total. The Balaban J connectivity index is 1.59. The number of nitrogens with zero attached hydrogens (tertiary/aromatic N) is 2. The van der Waals surface area contributed by atoms with Gasteiger partial charge in [0.1, 0.15) is 0 Å². The molecule has 126 valence electrons. The van der Waals surface area contributed by atoms with Crippen LogP contribution in [-0.2, 0) is 6.42 Å². The first-order chi connectivity index (χ1) is 10.9. The second kappa shape index (κ2) is 6.62. The van der Waals surface area contributed by atoms with Crippen LogP contribution in [-0.4, -0.2) is 58.6 Å². The number of aryl methyl sites for hydroxylation is 1. The van der Waals surface area contributed by atoms with E-state index in [4.69, 9.17) is 0 Å². The molecule has 2 aliphatic heterocycles. The number of rotatable bonds is 4. The number of hydrogen-bond acceptors (Lipinski definition) is 3. The van der Waals surface area contributed by atoms with Gasteiger partial charge in [0.05, 0.1) is 5.60 Å². The van der Waals surface area contributed by atoms with E-state index < -0.39 is 5.60 Å². The maximum absolute atomic E-state index is 12.7. The van der Waals surface area contributed by atoms with Crippen LogP contribution in [0.15, 0.2) is 24.3 Å². The highest BCUT2D eigenvalue weighted by atomic mass is 16.3. The monoisotopic (exact) mass is 316 g/mol. The highest BCUT2D eigenvalue weighted by Crippen LogP contribution is 2.23. The molecule has 1 aromatic carbocycles. The van der Waals surface area contributed by atoms with E-state index in [0.717, 1.165) is 38.0 Å². The summed E-state index contributed by atoms with van der Waals surface area (Å²) >= 11 is 0. The van der Waals surface area contributed by atoms with E-state index in [1.807, 2.05) is 43.0 Å². The van der Waals surface area contributed by atoms with Crippen molar-refractivity contribution in [3.63, 3.8) is 0 Å². The topological polar surface area (TPSA) is 43.8 Å². The lowest BCUT2D eigenvalue weighted by molar-refractivity contribution is 0.0571. The van der Waals surface area contributed by atoms with Crippen LogP contribution >= 0.6 is 0 Å². The molecular weight excluding hydrogens is 288 g/mol. The minimum Gasteiger partial charge on any atom is -0.390 e. The highest BCUT2D eigenvalue weighted by molar-refractivity contribution is 5.94. The Morgan fingerprint density at radius 2 is 1.96 bits per heavy atom. The predicted octanol–water partition coefficient (Wildman–Crippen LogP) is 2.31. The summed E-state index contributed by atoms with van der Waals surface area (Å²) in [7, 11) is 0. The van der Waals surface area contributed by atoms with Gasteiger partial charge in [-0.1, -0.05) is 12.1 Å². The fourth-order valence-electron chi connectivity index (χ4n) is 3.62. The van der Waals surface area contributed by atoms with Crippen molar-refractivity contribution in [1.29, 1.82) is 0 Å². The van der Waals surface area contributed by atoms with Crippen LogP contribution < -0.4 is 0 Å². The van der Waals surface area contributed by atoms with Crippen LogP contribution in [0.2, 0.25) is 0 Å². The van der Waals surface area contributed by atoms with E-state index >= 15 is 0 Å². The Morgan fingerprint density at radius 1 is 1.22 bits per heavy atom. The molecule has 0 unspecified atom stereocenters. The first-order valence-electron chi connectivity index (χ1n) is 8.77. The number of hydrogen-bond donors (Lipinski definition) is 1. The van der Waals surface area contributed by atoms with Gasteiger partial charge in [-0.3, -0.25) is 9.69 Å². The summed E-state index contributed by atoms with van der Waals surface area (Å²) in [5.74, 6) is 0.158. The standard InChI is InChI=1S/C19H28N2O2/c1-19(2,23)10-9-15-5-7-16(8-6-15)18(22)21-13-12-20-11-3-4-17(20)14-21/h5-8,17,23H,3-4,9-14H2,1-2H3/t17-/m1/s1. The molecule has 0 saturated carbocycles. The minimum atomic E-state index is -0.643. The van der Waals surface area contributed by atoms with Gasteiger partial charge in [0.15, 0.2) is 0 Å². The zero-order valence-electron chi connectivity index (χ0n) is 14.3. The average Bonchev–Trinajstić information content (AvgIpc) is 2.99. The number of piperazine rings is 1. The Bertz CT molecular complexity index is 547. The lowest BCUT2D eigenvalue weighted by atomic mass is 9.98. The van der Waals surface area contributed by atoms with Gasteiger partial charge < -0.3 is 10.0 Å². The van der Waals surface area contributed by atoms with Crippen LogP contribution in [0.25, 0.3) is 0 Å². The van der Waals surface area contributed by atoms with Gasteiger partial charge in [0.2, 0.25) is 0 Å². The van der Waals surface area contributed by atoms with Gasteiger partial charge in [0.25, 0.3) is 5.91 Å². The van der Waals surface area contributed by atoms with E-state index in [-0.39, 0.29) is 5.91 Å². The summed E-state index contributed by atoms with van der Waals surface area (Å²) in [5.41, 5.74) is 1.31. The number of amides is 1. The first-order valence-corrected chi connectivity index (χ1v) is 8.77. The molecule has 0 spiro atoms. The third-order valence-corrected chi connectivity index (χ3v) is 5.10. The maximum atomic E-state index is 12.7. The molecule has 1 amide bonds. The van der Waals surface area contributed by atoms with Crippen molar-refractivity contribution in [1.82, 2.24) is 9.80 Å². The van der Waals surface area contributed by atoms with Gasteiger partial charge in [-0.25, -0.2) is 0 Å². The summed E-state index contributed by atoms with van der Waals surface area (Å²) in [6, 6.07) is 8.47. The molecule has 2 aliphatic rings. The second-order valence-corrected chi connectivity index (χ2v) is 7.59. The molecule has 2 heterocycles. The maximum Gasteiger partial charge on any atom is 0.253 e. The molecule has 23 heavy (non-hydrogen) atoms. The normalized spacial score (nSPS) is 22.2. The summed E-state index contributed by atoms with van der Waals surface area (Å²) in [6.45, 7) is 7.58. The Labute approximate surface area is 139 Å². The molecule has 4 heteroatoms. The van der Waals surface area contributed by atoms with E-state index in [1.54, 1.807) is 0 Å². The van der Waals surface area contributed by atoms with Crippen LogP contribution in [0.1, 0.15) is 49.0 Å². The molecule has 1 aromatic rings. The number of carbonyl (C=O) groups is 1.